The number of carbonyl (C=O) groups is 2. The van der Waals surface area contributed by atoms with Crippen LogP contribution in [0.4, 0.5) is 17.1 Å². The minimum Gasteiger partial charge on any atom is -0.287 e. The van der Waals surface area contributed by atoms with Gasteiger partial charge in [-0.15, -0.1) is 0 Å². The second kappa shape index (κ2) is 7.83. The van der Waals surface area contributed by atoms with Crippen molar-refractivity contribution in [3.05, 3.63) is 105 Å². The lowest BCUT2D eigenvalue weighted by molar-refractivity contribution is -0.666. The first-order valence-electron chi connectivity index (χ1n) is 9.99. The molecule has 0 saturated heterocycles. The maximum absolute atomic E-state index is 13.5. The SMILES string of the molecule is O=C1C(NS(=O)(=O)c2ccc([N+](=O)[O-])cc2)=C([NH+]2C=Nc3ccccc32)C(=O)c2ccccc21. The predicted molar refractivity (Wildman–Crippen MR) is 121 cm³/mol. The molecule has 1 aliphatic heterocycles. The average Bonchev–Trinajstić information content (AvgIpc) is 3.26. The summed E-state index contributed by atoms with van der Waals surface area (Å²) in [5, 5.41) is 10.9. The molecule has 0 saturated carbocycles. The number of para-hydroxylation sites is 2. The summed E-state index contributed by atoms with van der Waals surface area (Å²) in [6.07, 6.45) is 1.43. The van der Waals surface area contributed by atoms with E-state index < -0.39 is 32.2 Å². The van der Waals surface area contributed by atoms with Gasteiger partial charge in [0.2, 0.25) is 17.3 Å². The largest absolute Gasteiger partial charge is 0.287 e. The summed E-state index contributed by atoms with van der Waals surface area (Å²) >= 11 is 0. The van der Waals surface area contributed by atoms with Crippen molar-refractivity contribution in [2.24, 2.45) is 4.99 Å². The van der Waals surface area contributed by atoms with Crippen LogP contribution in [0, 0.1) is 10.1 Å². The van der Waals surface area contributed by atoms with E-state index >= 15 is 0 Å². The van der Waals surface area contributed by atoms with Gasteiger partial charge in [0, 0.05) is 29.3 Å². The number of allylic oxidation sites excluding steroid dienone is 2. The first kappa shape index (κ1) is 21.4. The lowest BCUT2D eigenvalue weighted by Crippen LogP contribution is -3.04. The summed E-state index contributed by atoms with van der Waals surface area (Å²) in [5.41, 5.74) is 0.605. The Morgan fingerprint density at radius 3 is 2.15 bits per heavy atom. The van der Waals surface area contributed by atoms with Crippen molar-refractivity contribution in [3.8, 4) is 0 Å². The number of carbonyl (C=O) groups excluding carboxylic acids is 2. The fourth-order valence-corrected chi connectivity index (χ4v) is 4.96. The number of hydrogen-bond donors (Lipinski definition) is 2. The van der Waals surface area contributed by atoms with Crippen LogP contribution in [0.3, 0.4) is 0 Å². The summed E-state index contributed by atoms with van der Waals surface area (Å²) < 4.78 is 28.5. The highest BCUT2D eigenvalue weighted by Gasteiger charge is 2.42. The number of benzene rings is 3. The molecule has 3 aromatic rings. The number of hydrogen-bond acceptors (Lipinski definition) is 7. The van der Waals surface area contributed by atoms with Crippen LogP contribution in [0.2, 0.25) is 0 Å². The van der Waals surface area contributed by atoms with Crippen LogP contribution in [-0.2, 0) is 10.0 Å². The monoisotopic (exact) mass is 475 g/mol. The second-order valence-corrected chi connectivity index (χ2v) is 9.18. The number of rotatable bonds is 5. The molecule has 34 heavy (non-hydrogen) atoms. The Balaban J connectivity index is 1.65. The fraction of sp³-hybridized carbons (Fsp3) is 0. The third-order valence-electron chi connectivity index (χ3n) is 5.51. The number of quaternary nitrogens is 1. The van der Waals surface area contributed by atoms with E-state index in [0.717, 1.165) is 24.3 Å². The van der Waals surface area contributed by atoms with E-state index in [1.165, 1.54) is 18.5 Å². The van der Waals surface area contributed by atoms with Crippen molar-refractivity contribution in [2.45, 2.75) is 4.90 Å². The standard InChI is InChI=1S/C23H14N4O6S/c28-22-16-5-1-2-6-17(16)23(29)21(26-13-24-18-7-3-4-8-19(18)26)20(22)25-34(32,33)15-11-9-14(10-12-15)27(30)31/h1-13,25H/p+1. The van der Waals surface area contributed by atoms with Gasteiger partial charge < -0.3 is 0 Å². The Labute approximate surface area is 193 Å². The number of ketones is 2. The molecule has 168 valence electrons. The summed E-state index contributed by atoms with van der Waals surface area (Å²) in [6.45, 7) is 0. The number of nitrogens with zero attached hydrogens (tertiary/aromatic N) is 2. The van der Waals surface area contributed by atoms with E-state index in [0.29, 0.717) is 16.3 Å². The van der Waals surface area contributed by atoms with Crippen LogP contribution in [-0.4, -0.2) is 31.2 Å². The van der Waals surface area contributed by atoms with E-state index in [-0.39, 0.29) is 27.4 Å². The molecule has 0 spiro atoms. The minimum absolute atomic E-state index is 0.0708. The highest BCUT2D eigenvalue weighted by molar-refractivity contribution is 7.89. The molecule has 3 aromatic carbocycles. The molecule has 11 heteroatoms. The second-order valence-electron chi connectivity index (χ2n) is 7.50. The van der Waals surface area contributed by atoms with E-state index in [1.807, 2.05) is 0 Å². The minimum atomic E-state index is -4.36. The molecule has 0 aromatic heterocycles. The summed E-state index contributed by atoms with van der Waals surface area (Å²) in [7, 11) is -4.36. The van der Waals surface area contributed by atoms with Crippen molar-refractivity contribution in [1.82, 2.24) is 4.72 Å². The Hall–Kier alpha value is -4.48. The van der Waals surface area contributed by atoms with Gasteiger partial charge in [0.25, 0.3) is 15.7 Å². The molecule has 1 heterocycles. The summed E-state index contributed by atoms with van der Waals surface area (Å²) in [6, 6.07) is 17.4. The molecule has 0 fully saturated rings. The van der Waals surface area contributed by atoms with Gasteiger partial charge in [0.1, 0.15) is 5.69 Å². The first-order valence-corrected chi connectivity index (χ1v) is 11.5. The molecule has 5 rings (SSSR count). The normalized spacial score (nSPS) is 16.9. The molecule has 1 atom stereocenters. The molecular weight excluding hydrogens is 460 g/mol. The number of aliphatic imine (C=N–C) groups is 1. The number of Topliss-reactive ketones (excluding diaryl/α,β-unsaturated/α-hetero) is 2. The number of nitro groups is 1. The fourth-order valence-electron chi connectivity index (χ4n) is 3.89. The van der Waals surface area contributed by atoms with E-state index in [4.69, 9.17) is 0 Å². The van der Waals surface area contributed by atoms with Crippen molar-refractivity contribution in [2.75, 3.05) is 0 Å². The predicted octanol–water partition coefficient (Wildman–Crippen LogP) is 2.05. The molecule has 0 radical (unpaired) electrons. The van der Waals surface area contributed by atoms with Crippen LogP contribution >= 0.6 is 0 Å². The van der Waals surface area contributed by atoms with Crippen molar-refractivity contribution >= 4 is 45.0 Å². The number of nitrogens with one attached hydrogen (secondary N) is 2. The van der Waals surface area contributed by atoms with Crippen LogP contribution in [0.25, 0.3) is 0 Å². The number of nitro benzene ring substituents is 1. The molecule has 0 amide bonds. The molecular formula is C23H15N4O6S+. The van der Waals surface area contributed by atoms with Crippen molar-refractivity contribution in [1.29, 1.82) is 0 Å². The zero-order chi connectivity index (χ0) is 24.0. The summed E-state index contributed by atoms with van der Waals surface area (Å²) in [4.78, 5) is 41.5. The van der Waals surface area contributed by atoms with Gasteiger partial charge in [-0.1, -0.05) is 36.4 Å². The van der Waals surface area contributed by atoms with Gasteiger partial charge in [0.15, 0.2) is 17.7 Å². The van der Waals surface area contributed by atoms with Crippen LogP contribution < -0.4 is 9.62 Å². The molecule has 2 N–H and O–H groups in total. The maximum atomic E-state index is 13.5. The van der Waals surface area contributed by atoms with E-state index in [2.05, 4.69) is 9.71 Å². The number of sulfonamides is 1. The van der Waals surface area contributed by atoms with Gasteiger partial charge in [-0.25, -0.2) is 13.3 Å². The van der Waals surface area contributed by atoms with Gasteiger partial charge >= 0.3 is 0 Å². The smallest absolute Gasteiger partial charge is 0.269 e. The molecule has 1 unspecified atom stereocenters. The van der Waals surface area contributed by atoms with Gasteiger partial charge in [-0.05, 0) is 18.2 Å². The molecule has 2 aliphatic rings. The molecule has 0 bridgehead atoms. The lowest BCUT2D eigenvalue weighted by Gasteiger charge is -2.23. The molecule has 10 nitrogen and oxygen atoms in total. The Morgan fingerprint density at radius 2 is 1.47 bits per heavy atom. The third kappa shape index (κ3) is 3.39. The number of fused-ring (bicyclic) bond motifs is 2. The van der Waals surface area contributed by atoms with Crippen molar-refractivity contribution < 1.29 is 27.8 Å². The Kier molecular flexibility index (Phi) is 4.92. The van der Waals surface area contributed by atoms with Gasteiger partial charge in [0.05, 0.1) is 9.82 Å². The van der Waals surface area contributed by atoms with Gasteiger partial charge in [-0.3, -0.25) is 24.4 Å². The van der Waals surface area contributed by atoms with Crippen LogP contribution in [0.1, 0.15) is 20.7 Å². The van der Waals surface area contributed by atoms with E-state index in [1.54, 1.807) is 36.4 Å². The zero-order valence-corrected chi connectivity index (χ0v) is 18.1. The van der Waals surface area contributed by atoms with Crippen LogP contribution in [0.15, 0.2) is 94.1 Å². The van der Waals surface area contributed by atoms with E-state index in [9.17, 15) is 28.1 Å². The number of non-ortho nitro benzene ring substituents is 1. The lowest BCUT2D eigenvalue weighted by atomic mass is 9.90. The van der Waals surface area contributed by atoms with Gasteiger partial charge in [-0.2, -0.15) is 4.99 Å². The average molecular weight is 475 g/mol. The summed E-state index contributed by atoms with van der Waals surface area (Å²) in [5.74, 6) is -1.18. The van der Waals surface area contributed by atoms with Crippen LogP contribution in [0.5, 0.6) is 0 Å². The first-order chi connectivity index (χ1) is 16.3. The Morgan fingerprint density at radius 1 is 0.853 bits per heavy atom. The highest BCUT2D eigenvalue weighted by Crippen LogP contribution is 2.29. The third-order valence-corrected chi connectivity index (χ3v) is 6.88. The van der Waals surface area contributed by atoms with Crippen molar-refractivity contribution in [3.63, 3.8) is 0 Å². The highest BCUT2D eigenvalue weighted by atomic mass is 32.2. The Bertz CT molecular complexity index is 1560. The molecule has 1 aliphatic carbocycles. The topological polar surface area (TPSA) is 140 Å². The maximum Gasteiger partial charge on any atom is 0.269 e. The quantitative estimate of drug-likeness (QED) is 0.428. The zero-order valence-electron chi connectivity index (χ0n) is 17.3.